The van der Waals surface area contributed by atoms with Crippen molar-refractivity contribution in [2.75, 3.05) is 36.5 Å². The molecule has 8 nitrogen and oxygen atoms in total. The molecule has 2 N–H and O–H groups in total. The summed E-state index contributed by atoms with van der Waals surface area (Å²) in [6.07, 6.45) is 5.59. The minimum atomic E-state index is -0.946. The summed E-state index contributed by atoms with van der Waals surface area (Å²) < 4.78 is 14.6. The lowest BCUT2D eigenvalue weighted by molar-refractivity contribution is -0.116. The van der Waals surface area contributed by atoms with Gasteiger partial charge in [0, 0.05) is 24.5 Å². The van der Waals surface area contributed by atoms with E-state index in [0.29, 0.717) is 25.7 Å². The molecule has 2 fully saturated rings. The lowest BCUT2D eigenvalue weighted by Crippen LogP contribution is -2.36. The van der Waals surface area contributed by atoms with Crippen molar-refractivity contribution in [3.8, 4) is 17.0 Å². The lowest BCUT2D eigenvalue weighted by Gasteiger charge is -2.28. The third-order valence-corrected chi connectivity index (χ3v) is 10.3. The summed E-state index contributed by atoms with van der Waals surface area (Å²) in [5.74, 6) is -0.0438. The molecule has 1 saturated carbocycles. The molecule has 2 aliphatic rings. The molecule has 0 atom stereocenters. The fourth-order valence-corrected chi connectivity index (χ4v) is 8.00. The maximum Gasteiger partial charge on any atom is 0.345 e. The van der Waals surface area contributed by atoms with Gasteiger partial charge in [-0.1, -0.05) is 49.6 Å². The Morgan fingerprint density at radius 2 is 1.62 bits per heavy atom. The second-order valence-electron chi connectivity index (χ2n) is 12.3. The van der Waals surface area contributed by atoms with Gasteiger partial charge in [0.2, 0.25) is 5.91 Å². The van der Waals surface area contributed by atoms with E-state index < -0.39 is 5.97 Å². The van der Waals surface area contributed by atoms with E-state index in [9.17, 15) is 14.7 Å². The van der Waals surface area contributed by atoms with E-state index in [1.54, 1.807) is 6.07 Å². The fourth-order valence-electron chi connectivity index (χ4n) is 6.87. The molecular weight excluding hydrogens is 646 g/mol. The van der Waals surface area contributed by atoms with E-state index in [1.165, 1.54) is 17.8 Å². The number of aromatic nitrogens is 1. The van der Waals surface area contributed by atoms with Crippen LogP contribution in [0, 0.1) is 0 Å². The van der Waals surface area contributed by atoms with Crippen LogP contribution in [0.5, 0.6) is 5.75 Å². The van der Waals surface area contributed by atoms with Crippen LogP contribution in [0.25, 0.3) is 21.5 Å². The van der Waals surface area contributed by atoms with Gasteiger partial charge in [-0.25, -0.2) is 4.79 Å². The first kappa shape index (κ1) is 33.6. The fraction of sp³-hybridized carbons (Fsp3) is 0.316. The van der Waals surface area contributed by atoms with E-state index in [0.717, 1.165) is 88.5 Å². The average Bonchev–Trinajstić information content (AvgIpc) is 3.67. The normalized spacial score (nSPS) is 15.2. The largest absolute Gasteiger partial charge is 0.489 e. The highest BCUT2D eigenvalue weighted by molar-refractivity contribution is 7.21. The zero-order valence-electron chi connectivity index (χ0n) is 26.7. The molecule has 1 saturated heterocycles. The van der Waals surface area contributed by atoms with Gasteiger partial charge in [0.1, 0.15) is 23.8 Å². The van der Waals surface area contributed by atoms with Crippen molar-refractivity contribution in [3.05, 3.63) is 101 Å². The highest BCUT2D eigenvalue weighted by Crippen LogP contribution is 2.47. The van der Waals surface area contributed by atoms with Crippen LogP contribution < -0.4 is 15.0 Å². The van der Waals surface area contributed by atoms with Gasteiger partial charge in [-0.05, 0) is 90.0 Å². The van der Waals surface area contributed by atoms with Gasteiger partial charge in [-0.2, -0.15) is 0 Å². The molecule has 0 unspecified atom stereocenters. The summed E-state index contributed by atoms with van der Waals surface area (Å²) in [4.78, 5) is 28.4. The highest BCUT2D eigenvalue weighted by Gasteiger charge is 2.29. The number of carboxylic acids is 1. The van der Waals surface area contributed by atoms with E-state index in [4.69, 9.17) is 9.47 Å². The molecule has 7 rings (SSSR count). The van der Waals surface area contributed by atoms with Gasteiger partial charge in [0.25, 0.3) is 0 Å². The van der Waals surface area contributed by atoms with Gasteiger partial charge in [-0.3, -0.25) is 4.79 Å². The number of hydrogen-bond acceptors (Lipinski definition) is 6. The quantitative estimate of drug-likeness (QED) is 0.153. The standard InChI is InChI=1S/C38H39N3O5S.ClH/c42-34(39-29-13-15-30(16-14-29)40-19-21-45-22-20-40)24-41-32-23-33(38(43)44)47-37(32)35(27-9-5-2-6-10-27)36(41)28-11-17-31(18-12-28)46-25-26-7-3-1-4-8-26;/h1,3-4,7-8,11-18,23,27H,2,5-6,9-10,19-22,24-25H2,(H,39,42)(H,43,44);1H. The summed E-state index contributed by atoms with van der Waals surface area (Å²) in [6.45, 7) is 3.66. The molecule has 5 aromatic rings. The number of amides is 1. The lowest BCUT2D eigenvalue weighted by atomic mass is 9.83. The third-order valence-electron chi connectivity index (χ3n) is 9.20. The first-order valence-corrected chi connectivity index (χ1v) is 17.2. The van der Waals surface area contributed by atoms with E-state index in [1.807, 2.05) is 71.3 Å². The van der Waals surface area contributed by atoms with Gasteiger partial charge < -0.3 is 29.4 Å². The number of carbonyl (C=O) groups excluding carboxylic acids is 1. The number of carbonyl (C=O) groups is 2. The molecule has 250 valence electrons. The number of aromatic carboxylic acids is 1. The van der Waals surface area contributed by atoms with Crippen LogP contribution in [0.15, 0.2) is 84.9 Å². The predicted molar refractivity (Wildman–Crippen MR) is 194 cm³/mol. The molecule has 3 heterocycles. The van der Waals surface area contributed by atoms with Crippen molar-refractivity contribution in [2.45, 2.75) is 51.2 Å². The van der Waals surface area contributed by atoms with Gasteiger partial charge in [0.15, 0.2) is 0 Å². The predicted octanol–water partition coefficient (Wildman–Crippen LogP) is 8.59. The second kappa shape index (κ2) is 15.3. The number of ether oxygens (including phenoxy) is 2. The summed E-state index contributed by atoms with van der Waals surface area (Å²) >= 11 is 1.32. The van der Waals surface area contributed by atoms with Crippen molar-refractivity contribution < 1.29 is 24.2 Å². The number of nitrogens with one attached hydrogen (secondary N) is 1. The van der Waals surface area contributed by atoms with Crippen molar-refractivity contribution in [2.24, 2.45) is 0 Å². The first-order valence-electron chi connectivity index (χ1n) is 16.4. The number of fused-ring (bicyclic) bond motifs is 1. The summed E-state index contributed by atoms with van der Waals surface area (Å²) in [5.41, 5.74) is 6.86. The zero-order chi connectivity index (χ0) is 32.2. The number of rotatable bonds is 10. The molecule has 0 radical (unpaired) electrons. The number of hydrogen-bond donors (Lipinski definition) is 2. The van der Waals surface area contributed by atoms with Crippen molar-refractivity contribution in [3.63, 3.8) is 0 Å². The summed E-state index contributed by atoms with van der Waals surface area (Å²) in [6, 6.07) is 27.8. The van der Waals surface area contributed by atoms with Gasteiger partial charge in [-0.15, -0.1) is 23.7 Å². The Bertz CT molecular complexity index is 1840. The monoisotopic (exact) mass is 685 g/mol. The molecule has 48 heavy (non-hydrogen) atoms. The van der Waals surface area contributed by atoms with Crippen LogP contribution in [-0.4, -0.2) is 47.9 Å². The zero-order valence-corrected chi connectivity index (χ0v) is 28.4. The van der Waals surface area contributed by atoms with Crippen LogP contribution >= 0.6 is 23.7 Å². The van der Waals surface area contributed by atoms with E-state index in [2.05, 4.69) is 22.3 Å². The van der Waals surface area contributed by atoms with Crippen LogP contribution in [0.3, 0.4) is 0 Å². The van der Waals surface area contributed by atoms with Gasteiger partial charge in [0.05, 0.1) is 29.1 Å². The van der Waals surface area contributed by atoms with Crippen LogP contribution in [-0.2, 0) is 22.7 Å². The van der Waals surface area contributed by atoms with Crippen LogP contribution in [0.2, 0.25) is 0 Å². The first-order chi connectivity index (χ1) is 23.0. The molecule has 1 aliphatic carbocycles. The Balaban J connectivity index is 0.00000401. The molecule has 0 spiro atoms. The van der Waals surface area contributed by atoms with Crippen molar-refractivity contribution in [1.82, 2.24) is 4.57 Å². The number of halogens is 1. The Morgan fingerprint density at radius 1 is 0.917 bits per heavy atom. The Hall–Kier alpha value is -4.31. The van der Waals surface area contributed by atoms with E-state index >= 15 is 0 Å². The Kier molecular flexibility index (Phi) is 10.7. The molecule has 3 aromatic carbocycles. The summed E-state index contributed by atoms with van der Waals surface area (Å²) in [7, 11) is 0. The maximum atomic E-state index is 13.7. The number of nitrogens with zero attached hydrogens (tertiary/aromatic N) is 2. The Morgan fingerprint density at radius 3 is 2.31 bits per heavy atom. The number of anilines is 2. The smallest absolute Gasteiger partial charge is 0.345 e. The number of carboxylic acid groups (broad SMARTS) is 1. The summed E-state index contributed by atoms with van der Waals surface area (Å²) in [5, 5.41) is 13.0. The van der Waals surface area contributed by atoms with Crippen LogP contribution in [0.4, 0.5) is 11.4 Å². The molecular formula is C38H40ClN3O5S. The molecule has 10 heteroatoms. The second-order valence-corrected chi connectivity index (χ2v) is 13.4. The van der Waals surface area contributed by atoms with Crippen molar-refractivity contribution >= 4 is 57.2 Å². The van der Waals surface area contributed by atoms with Gasteiger partial charge >= 0.3 is 5.97 Å². The third kappa shape index (κ3) is 7.38. The van der Waals surface area contributed by atoms with Crippen LogP contribution in [0.1, 0.15) is 58.8 Å². The SMILES string of the molecule is Cl.O=C(Cn1c(-c2ccc(OCc3ccccc3)cc2)c(C2CCCCC2)c2sc(C(=O)O)cc21)Nc1ccc(N2CCOCC2)cc1. The topological polar surface area (TPSA) is 93.0 Å². The molecule has 0 bridgehead atoms. The molecule has 1 amide bonds. The minimum absolute atomic E-state index is 0. The number of thiophene rings is 1. The Labute approximate surface area is 290 Å². The number of morpholine rings is 1. The molecule has 1 aliphatic heterocycles. The van der Waals surface area contributed by atoms with E-state index in [-0.39, 0.29) is 29.7 Å². The highest BCUT2D eigenvalue weighted by atomic mass is 35.5. The minimum Gasteiger partial charge on any atom is -0.489 e. The number of benzene rings is 3. The van der Waals surface area contributed by atoms with Crippen molar-refractivity contribution in [1.29, 1.82) is 0 Å². The molecule has 2 aromatic heterocycles. The average molecular weight is 686 g/mol. The maximum absolute atomic E-state index is 13.7.